The summed E-state index contributed by atoms with van der Waals surface area (Å²) in [7, 11) is 0. The predicted molar refractivity (Wildman–Crippen MR) is 143 cm³/mol. The van der Waals surface area contributed by atoms with E-state index in [4.69, 9.17) is 14.5 Å². The Morgan fingerprint density at radius 3 is 2.79 bits per heavy atom. The quantitative estimate of drug-likeness (QED) is 0.398. The number of carbonyl (C=O) groups is 1. The number of aromatic nitrogens is 6. The van der Waals surface area contributed by atoms with Crippen molar-refractivity contribution in [1.29, 1.82) is 0 Å². The number of nitrogens with zero attached hydrogens (tertiary/aromatic N) is 6. The predicted octanol–water partition coefficient (Wildman–Crippen LogP) is 4.05. The van der Waals surface area contributed by atoms with Gasteiger partial charge in [0.05, 0.1) is 35.5 Å². The summed E-state index contributed by atoms with van der Waals surface area (Å²) in [6, 6.07) is 1.87. The highest BCUT2D eigenvalue weighted by Gasteiger charge is 2.50. The van der Waals surface area contributed by atoms with Gasteiger partial charge in [-0.2, -0.15) is 0 Å². The monoisotopic (exact) mass is 536 g/mol. The number of carbonyl (C=O) groups excluding carboxylic acids is 1. The van der Waals surface area contributed by atoms with Crippen LogP contribution >= 0.6 is 11.8 Å². The zero-order chi connectivity index (χ0) is 26.5. The Morgan fingerprint density at radius 2 is 2.00 bits per heavy atom. The molecule has 4 aromatic rings. The lowest BCUT2D eigenvalue weighted by atomic mass is 9.73. The van der Waals surface area contributed by atoms with Crippen LogP contribution < -0.4 is 10.2 Å². The van der Waals surface area contributed by atoms with E-state index in [0.29, 0.717) is 12.3 Å². The molecule has 1 amide bonds. The van der Waals surface area contributed by atoms with Gasteiger partial charge in [-0.1, -0.05) is 11.8 Å². The van der Waals surface area contributed by atoms with Crippen LogP contribution in [-0.4, -0.2) is 72.9 Å². The number of fused-ring (bicyclic) bond motifs is 2. The molecule has 2 fully saturated rings. The lowest BCUT2D eigenvalue weighted by Gasteiger charge is -2.43. The Kier molecular flexibility index (Phi) is 6.18. The van der Waals surface area contributed by atoms with E-state index in [-0.39, 0.29) is 17.6 Å². The number of hydrogen-bond donors (Lipinski definition) is 2. The van der Waals surface area contributed by atoms with Crippen molar-refractivity contribution in [3.8, 4) is 0 Å². The van der Waals surface area contributed by atoms with Gasteiger partial charge < -0.3 is 24.7 Å². The van der Waals surface area contributed by atoms with Gasteiger partial charge in [-0.05, 0) is 46.6 Å². The average Bonchev–Trinajstić information content (AvgIpc) is 3.61. The molecule has 1 spiro atoms. The molecular formula is C26H32N8O3S. The first-order valence-electron chi connectivity index (χ1n) is 12.9. The minimum atomic E-state index is -0.544. The van der Waals surface area contributed by atoms with Gasteiger partial charge in [-0.3, -0.25) is 4.40 Å². The van der Waals surface area contributed by atoms with Gasteiger partial charge in [0.25, 0.3) is 0 Å². The number of alkyl carbamates (subject to hydrolysis) is 1. The Morgan fingerprint density at radius 1 is 1.18 bits per heavy atom. The molecular weight excluding hydrogens is 504 g/mol. The van der Waals surface area contributed by atoms with E-state index in [0.717, 1.165) is 52.8 Å². The van der Waals surface area contributed by atoms with Crippen LogP contribution in [0.3, 0.4) is 0 Å². The first-order chi connectivity index (χ1) is 18.2. The maximum Gasteiger partial charge on any atom is 0.407 e. The highest BCUT2D eigenvalue weighted by molar-refractivity contribution is 7.99. The molecule has 2 atom stereocenters. The van der Waals surface area contributed by atoms with E-state index >= 15 is 0 Å². The number of nitrogens with one attached hydrogen (secondary N) is 2. The third-order valence-corrected chi connectivity index (χ3v) is 8.43. The molecule has 11 nitrogen and oxygen atoms in total. The molecule has 0 bridgehead atoms. The fourth-order valence-electron chi connectivity index (χ4n) is 5.51. The molecule has 2 N–H and O–H groups in total. The molecule has 200 valence electrons. The highest BCUT2D eigenvalue weighted by Crippen LogP contribution is 2.43. The second-order valence-corrected chi connectivity index (χ2v) is 12.1. The summed E-state index contributed by atoms with van der Waals surface area (Å²) in [6.45, 7) is 9.87. The number of rotatable bonds is 4. The Hall–Kier alpha value is -3.38. The number of pyridine rings is 1. The number of anilines is 1. The van der Waals surface area contributed by atoms with Gasteiger partial charge in [0.1, 0.15) is 5.60 Å². The molecule has 2 aliphatic heterocycles. The maximum atomic E-state index is 12.6. The summed E-state index contributed by atoms with van der Waals surface area (Å²) < 4.78 is 13.6. The lowest BCUT2D eigenvalue weighted by Crippen LogP contribution is -2.55. The second-order valence-electron chi connectivity index (χ2n) is 11.0. The third-order valence-electron chi connectivity index (χ3n) is 7.36. The molecule has 4 aromatic heterocycles. The number of piperidine rings is 1. The van der Waals surface area contributed by atoms with Crippen molar-refractivity contribution in [3.63, 3.8) is 0 Å². The van der Waals surface area contributed by atoms with Crippen molar-refractivity contribution in [2.24, 2.45) is 5.41 Å². The van der Waals surface area contributed by atoms with Crippen molar-refractivity contribution in [2.75, 3.05) is 24.6 Å². The van der Waals surface area contributed by atoms with E-state index in [1.807, 2.05) is 52.4 Å². The Balaban J connectivity index is 1.20. The topological polar surface area (TPSA) is 123 Å². The molecule has 0 saturated carbocycles. The standard InChI is InChI=1S/C26H32N8O3S/c1-16-20(32-24(35)37-25(2,3)4)26(14-36-16)6-10-33(11-7-26)23-29-13-18(22-28-9-12-34(22)23)38-17-5-8-27-21-19(17)30-15-31-21/h5,8-9,12-13,15-16,20H,6-7,10-11,14H2,1-4H3,(H,32,35)(H,27,30,31)/t16-,20+/m0/s1. The van der Waals surface area contributed by atoms with Crippen molar-refractivity contribution >= 4 is 40.6 Å². The number of aromatic amines is 1. The second kappa shape index (κ2) is 9.42. The van der Waals surface area contributed by atoms with E-state index in [2.05, 4.69) is 34.6 Å². The molecule has 6 heterocycles. The summed E-state index contributed by atoms with van der Waals surface area (Å²) in [5.74, 6) is 0.863. The number of imidazole rings is 2. The first-order valence-corrected chi connectivity index (χ1v) is 13.7. The molecule has 38 heavy (non-hydrogen) atoms. The Labute approximate surface area is 224 Å². The molecule has 2 saturated heterocycles. The lowest BCUT2D eigenvalue weighted by molar-refractivity contribution is 0.0434. The van der Waals surface area contributed by atoms with Gasteiger partial charge in [-0.15, -0.1) is 0 Å². The molecule has 0 radical (unpaired) electrons. The van der Waals surface area contributed by atoms with Gasteiger partial charge in [0.15, 0.2) is 11.3 Å². The fourth-order valence-corrected chi connectivity index (χ4v) is 6.48. The highest BCUT2D eigenvalue weighted by atomic mass is 32.2. The summed E-state index contributed by atoms with van der Waals surface area (Å²) >= 11 is 1.59. The maximum absolute atomic E-state index is 12.6. The summed E-state index contributed by atoms with van der Waals surface area (Å²) in [4.78, 5) is 38.1. The van der Waals surface area contributed by atoms with Crippen LogP contribution in [0.4, 0.5) is 10.7 Å². The minimum Gasteiger partial charge on any atom is -0.444 e. The normalized spacial score (nSPS) is 21.4. The summed E-state index contributed by atoms with van der Waals surface area (Å²) in [6.07, 6.45) is 10.4. The molecule has 6 rings (SSSR count). The van der Waals surface area contributed by atoms with Crippen molar-refractivity contribution < 1.29 is 14.3 Å². The summed E-state index contributed by atoms with van der Waals surface area (Å²) in [5.41, 5.74) is 1.76. The van der Waals surface area contributed by atoms with Crippen LogP contribution in [0.2, 0.25) is 0 Å². The molecule has 0 unspecified atom stereocenters. The van der Waals surface area contributed by atoms with Crippen LogP contribution in [0.1, 0.15) is 40.5 Å². The van der Waals surface area contributed by atoms with Crippen LogP contribution in [-0.2, 0) is 9.47 Å². The van der Waals surface area contributed by atoms with Crippen LogP contribution in [0.15, 0.2) is 47.0 Å². The SMILES string of the molecule is C[C@@H]1OCC2(CCN(c3ncc(Sc4ccnc5nc[nH]c45)c4nccn34)CC2)[C@@H]1NC(=O)OC(C)(C)C. The van der Waals surface area contributed by atoms with E-state index < -0.39 is 11.7 Å². The molecule has 0 aromatic carbocycles. The number of amides is 1. The fraction of sp³-hybridized carbons (Fsp3) is 0.500. The van der Waals surface area contributed by atoms with Crippen LogP contribution in [0.5, 0.6) is 0 Å². The first kappa shape index (κ1) is 24.9. The third kappa shape index (κ3) is 4.55. The van der Waals surface area contributed by atoms with E-state index in [1.54, 1.807) is 24.3 Å². The smallest absolute Gasteiger partial charge is 0.407 e. The van der Waals surface area contributed by atoms with Crippen LogP contribution in [0.25, 0.3) is 16.8 Å². The number of H-pyrrole nitrogens is 1. The van der Waals surface area contributed by atoms with Gasteiger partial charge in [0.2, 0.25) is 5.95 Å². The van der Waals surface area contributed by atoms with Crippen molar-refractivity contribution in [3.05, 3.63) is 37.2 Å². The largest absolute Gasteiger partial charge is 0.444 e. The Bertz CT molecular complexity index is 1470. The number of ether oxygens (including phenoxy) is 2. The van der Waals surface area contributed by atoms with Crippen LogP contribution in [0, 0.1) is 5.41 Å². The molecule has 12 heteroatoms. The molecule has 0 aliphatic carbocycles. The molecule has 2 aliphatic rings. The summed E-state index contributed by atoms with van der Waals surface area (Å²) in [5, 5.41) is 3.12. The van der Waals surface area contributed by atoms with E-state index in [9.17, 15) is 4.79 Å². The minimum absolute atomic E-state index is 0.0709. The number of hydrogen-bond acceptors (Lipinski definition) is 9. The van der Waals surface area contributed by atoms with E-state index in [1.165, 1.54) is 0 Å². The zero-order valence-electron chi connectivity index (χ0n) is 22.0. The van der Waals surface area contributed by atoms with Crippen molar-refractivity contribution in [2.45, 2.75) is 68.1 Å². The zero-order valence-corrected chi connectivity index (χ0v) is 22.8. The van der Waals surface area contributed by atoms with Crippen molar-refractivity contribution in [1.82, 2.24) is 34.6 Å². The van der Waals surface area contributed by atoms with Gasteiger partial charge >= 0.3 is 6.09 Å². The van der Waals surface area contributed by atoms with Gasteiger partial charge in [0, 0.05) is 48.2 Å². The van der Waals surface area contributed by atoms with Gasteiger partial charge in [-0.25, -0.2) is 24.7 Å². The average molecular weight is 537 g/mol.